The van der Waals surface area contributed by atoms with E-state index < -0.39 is 0 Å². The zero-order chi connectivity index (χ0) is 9.10. The number of rotatable bonds is 2. The van der Waals surface area contributed by atoms with Crippen LogP contribution in [0.25, 0.3) is 0 Å². The second kappa shape index (κ2) is 3.79. The largest absolute Gasteiger partial charge is 0.462 e. The maximum atomic E-state index is 5.57. The van der Waals surface area contributed by atoms with Crippen molar-refractivity contribution in [1.82, 2.24) is 9.78 Å². The summed E-state index contributed by atoms with van der Waals surface area (Å²) in [6.45, 7) is 0.810. The van der Waals surface area contributed by atoms with Crippen molar-refractivity contribution in [3.05, 3.63) is 12.4 Å². The van der Waals surface area contributed by atoms with Gasteiger partial charge in [-0.3, -0.25) is 4.68 Å². The first-order valence-corrected chi connectivity index (χ1v) is 4.61. The third kappa shape index (κ3) is 2.21. The zero-order valence-electron chi connectivity index (χ0n) is 7.77. The fraction of sp³-hybridized carbons (Fsp3) is 0.667. The van der Waals surface area contributed by atoms with Crippen molar-refractivity contribution in [3.8, 4) is 5.75 Å². The van der Waals surface area contributed by atoms with Gasteiger partial charge in [0.2, 0.25) is 0 Å². The molecule has 1 aromatic heterocycles. The van der Waals surface area contributed by atoms with Gasteiger partial charge in [0.05, 0.1) is 19.0 Å². The van der Waals surface area contributed by atoms with E-state index in [0.717, 1.165) is 25.2 Å². The van der Waals surface area contributed by atoms with Gasteiger partial charge in [-0.05, 0) is 12.8 Å². The Balaban J connectivity index is 1.89. The minimum atomic E-state index is -0.0713. The average molecular weight is 182 g/mol. The second-order valence-corrected chi connectivity index (χ2v) is 3.26. The van der Waals surface area contributed by atoms with Crippen LogP contribution < -0.4 is 4.74 Å². The van der Waals surface area contributed by atoms with Crippen molar-refractivity contribution >= 4 is 0 Å². The molecular formula is C9H14N2O2. The van der Waals surface area contributed by atoms with Gasteiger partial charge in [0.25, 0.3) is 0 Å². The van der Waals surface area contributed by atoms with E-state index >= 15 is 0 Å². The molecule has 2 rings (SSSR count). The highest BCUT2D eigenvalue weighted by Gasteiger charge is 2.15. The first-order valence-electron chi connectivity index (χ1n) is 4.61. The van der Waals surface area contributed by atoms with Crippen LogP contribution in [0.4, 0.5) is 0 Å². The predicted molar refractivity (Wildman–Crippen MR) is 47.4 cm³/mol. The maximum absolute atomic E-state index is 5.57. The molecule has 1 unspecified atom stereocenters. The Hall–Kier alpha value is -1.03. The lowest BCUT2D eigenvalue weighted by Gasteiger charge is -2.22. The predicted octanol–water partition coefficient (Wildman–Crippen LogP) is 1.33. The molecule has 0 amide bonds. The zero-order valence-corrected chi connectivity index (χ0v) is 7.77. The summed E-state index contributed by atoms with van der Waals surface area (Å²) in [7, 11) is 1.87. The molecular weight excluding hydrogens is 168 g/mol. The summed E-state index contributed by atoms with van der Waals surface area (Å²) in [4.78, 5) is 0. The molecule has 0 radical (unpaired) electrons. The molecule has 1 atom stereocenters. The SMILES string of the molecule is Cn1cc(OC2CCCCO2)cn1. The highest BCUT2D eigenvalue weighted by Crippen LogP contribution is 2.17. The van der Waals surface area contributed by atoms with E-state index in [4.69, 9.17) is 9.47 Å². The molecule has 1 fully saturated rings. The van der Waals surface area contributed by atoms with E-state index in [1.807, 2.05) is 13.2 Å². The number of nitrogens with zero attached hydrogens (tertiary/aromatic N) is 2. The van der Waals surface area contributed by atoms with Crippen molar-refractivity contribution in [2.24, 2.45) is 7.05 Å². The smallest absolute Gasteiger partial charge is 0.199 e. The van der Waals surface area contributed by atoms with E-state index in [0.29, 0.717) is 0 Å². The number of hydrogen-bond donors (Lipinski definition) is 0. The van der Waals surface area contributed by atoms with Gasteiger partial charge in [-0.15, -0.1) is 0 Å². The summed E-state index contributed by atoms with van der Waals surface area (Å²) < 4.78 is 12.7. The van der Waals surface area contributed by atoms with E-state index in [-0.39, 0.29) is 6.29 Å². The van der Waals surface area contributed by atoms with Crippen molar-refractivity contribution in [2.45, 2.75) is 25.6 Å². The molecule has 1 aromatic rings. The average Bonchev–Trinajstić information content (AvgIpc) is 2.53. The van der Waals surface area contributed by atoms with Crippen LogP contribution in [0.1, 0.15) is 19.3 Å². The third-order valence-corrected chi connectivity index (χ3v) is 2.09. The summed E-state index contributed by atoms with van der Waals surface area (Å²) in [6, 6.07) is 0. The molecule has 0 bridgehead atoms. The van der Waals surface area contributed by atoms with Gasteiger partial charge in [0.1, 0.15) is 0 Å². The molecule has 0 saturated carbocycles. The van der Waals surface area contributed by atoms with Crippen LogP contribution in [0, 0.1) is 0 Å². The first kappa shape index (κ1) is 8.56. The van der Waals surface area contributed by atoms with E-state index in [9.17, 15) is 0 Å². The first-order chi connectivity index (χ1) is 6.34. The van der Waals surface area contributed by atoms with E-state index in [2.05, 4.69) is 5.10 Å². The molecule has 0 aliphatic carbocycles. The Morgan fingerprint density at radius 2 is 2.54 bits per heavy atom. The molecule has 1 aliphatic heterocycles. The molecule has 2 heterocycles. The Labute approximate surface area is 77.4 Å². The fourth-order valence-corrected chi connectivity index (χ4v) is 1.42. The van der Waals surface area contributed by atoms with E-state index in [1.165, 1.54) is 6.42 Å². The minimum Gasteiger partial charge on any atom is -0.462 e. The minimum absolute atomic E-state index is 0.0713. The van der Waals surface area contributed by atoms with Crippen molar-refractivity contribution < 1.29 is 9.47 Å². The van der Waals surface area contributed by atoms with Crippen LogP contribution in [-0.2, 0) is 11.8 Å². The van der Waals surface area contributed by atoms with Crippen LogP contribution in [0.5, 0.6) is 5.75 Å². The topological polar surface area (TPSA) is 36.3 Å². The Bertz CT molecular complexity index is 266. The summed E-state index contributed by atoms with van der Waals surface area (Å²) in [5.41, 5.74) is 0. The van der Waals surface area contributed by atoms with Crippen LogP contribution >= 0.6 is 0 Å². The molecule has 0 N–H and O–H groups in total. The van der Waals surface area contributed by atoms with Crippen molar-refractivity contribution in [2.75, 3.05) is 6.61 Å². The quantitative estimate of drug-likeness (QED) is 0.692. The monoisotopic (exact) mass is 182 g/mol. The van der Waals surface area contributed by atoms with E-state index in [1.54, 1.807) is 10.9 Å². The summed E-state index contributed by atoms with van der Waals surface area (Å²) in [5, 5.41) is 4.02. The lowest BCUT2D eigenvalue weighted by Crippen LogP contribution is -2.24. The van der Waals surface area contributed by atoms with Gasteiger partial charge >= 0.3 is 0 Å². The molecule has 1 aliphatic rings. The molecule has 13 heavy (non-hydrogen) atoms. The molecule has 4 nitrogen and oxygen atoms in total. The summed E-state index contributed by atoms with van der Waals surface area (Å²) in [6.07, 6.45) is 6.79. The van der Waals surface area contributed by atoms with Crippen molar-refractivity contribution in [3.63, 3.8) is 0 Å². The Morgan fingerprint density at radius 1 is 1.62 bits per heavy atom. The van der Waals surface area contributed by atoms with Crippen LogP contribution in [0.2, 0.25) is 0 Å². The maximum Gasteiger partial charge on any atom is 0.199 e. The number of ether oxygens (including phenoxy) is 2. The van der Waals surface area contributed by atoms with Gasteiger partial charge < -0.3 is 9.47 Å². The normalized spacial score (nSPS) is 23.0. The summed E-state index contributed by atoms with van der Waals surface area (Å²) in [5.74, 6) is 0.786. The molecule has 72 valence electrons. The third-order valence-electron chi connectivity index (χ3n) is 2.09. The van der Waals surface area contributed by atoms with Crippen LogP contribution in [0.3, 0.4) is 0 Å². The standard InChI is InChI=1S/C9H14N2O2/c1-11-7-8(6-10-11)13-9-4-2-3-5-12-9/h6-7,9H,2-5H2,1H3. The highest BCUT2D eigenvalue weighted by atomic mass is 16.7. The van der Waals surface area contributed by atoms with Gasteiger partial charge in [-0.25, -0.2) is 0 Å². The molecule has 4 heteroatoms. The Morgan fingerprint density at radius 3 is 3.15 bits per heavy atom. The number of aryl methyl sites for hydroxylation is 1. The van der Waals surface area contributed by atoms with Gasteiger partial charge in [-0.2, -0.15) is 5.10 Å². The van der Waals surface area contributed by atoms with Crippen LogP contribution in [-0.4, -0.2) is 22.7 Å². The second-order valence-electron chi connectivity index (χ2n) is 3.26. The highest BCUT2D eigenvalue weighted by molar-refractivity contribution is 5.11. The Kier molecular flexibility index (Phi) is 2.49. The molecule has 1 saturated heterocycles. The molecule has 0 aromatic carbocycles. The number of hydrogen-bond acceptors (Lipinski definition) is 3. The fourth-order valence-electron chi connectivity index (χ4n) is 1.42. The molecule has 0 spiro atoms. The van der Waals surface area contributed by atoms with Crippen molar-refractivity contribution in [1.29, 1.82) is 0 Å². The van der Waals surface area contributed by atoms with Gasteiger partial charge in [-0.1, -0.05) is 0 Å². The lowest BCUT2D eigenvalue weighted by molar-refractivity contribution is -0.105. The number of aromatic nitrogens is 2. The van der Waals surface area contributed by atoms with Gasteiger partial charge in [0.15, 0.2) is 12.0 Å². The lowest BCUT2D eigenvalue weighted by atomic mass is 10.2. The summed E-state index contributed by atoms with van der Waals surface area (Å²) >= 11 is 0. The van der Waals surface area contributed by atoms with Gasteiger partial charge in [0, 0.05) is 13.5 Å². The van der Waals surface area contributed by atoms with Crippen LogP contribution in [0.15, 0.2) is 12.4 Å².